The summed E-state index contributed by atoms with van der Waals surface area (Å²) in [5, 5.41) is 0.113. The lowest BCUT2D eigenvalue weighted by molar-refractivity contribution is -0.135. The molecule has 0 saturated carbocycles. The first kappa shape index (κ1) is 25.3. The average molecular weight is 466 g/mol. The lowest BCUT2D eigenvalue weighted by atomic mass is 9.93. The summed E-state index contributed by atoms with van der Waals surface area (Å²) in [6.45, 7) is 14.0. The topological polar surface area (TPSA) is 38.8 Å². The van der Waals surface area contributed by atoms with Crippen LogP contribution in [0.25, 0.3) is 0 Å². The van der Waals surface area contributed by atoms with Gasteiger partial charge in [-0.3, -0.25) is 4.79 Å². The minimum Gasteiger partial charge on any atom is -0.497 e. The predicted octanol–water partition coefficient (Wildman–Crippen LogP) is 6.75. The average Bonchev–Trinajstić information content (AvgIpc) is 2.77. The van der Waals surface area contributed by atoms with Crippen LogP contribution in [0.4, 0.5) is 0 Å². The number of rotatable bonds is 6. The quantitative estimate of drug-likeness (QED) is 0.350. The second-order valence-corrected chi connectivity index (χ2v) is 15.4. The number of nitrogens with zero attached hydrogens (tertiary/aromatic N) is 1. The van der Waals surface area contributed by atoms with Gasteiger partial charge in [0.05, 0.1) is 19.3 Å². The third-order valence-corrected chi connectivity index (χ3v) is 11.6. The minimum absolute atomic E-state index is 0.0746. The molecule has 178 valence electrons. The second-order valence-electron chi connectivity index (χ2n) is 10.6. The zero-order valence-corrected chi connectivity index (χ0v) is 22.2. The van der Waals surface area contributed by atoms with Gasteiger partial charge in [0.25, 0.3) is 0 Å². The van der Waals surface area contributed by atoms with Gasteiger partial charge < -0.3 is 14.1 Å². The number of carbonyl (C=O) groups is 1. The highest BCUT2D eigenvalue weighted by atomic mass is 28.4. The monoisotopic (exact) mass is 465 g/mol. The first-order valence-corrected chi connectivity index (χ1v) is 14.8. The van der Waals surface area contributed by atoms with Crippen molar-refractivity contribution in [2.75, 3.05) is 7.11 Å². The van der Waals surface area contributed by atoms with Crippen LogP contribution in [0.2, 0.25) is 18.1 Å². The Labute approximate surface area is 200 Å². The molecule has 0 aromatic heterocycles. The van der Waals surface area contributed by atoms with E-state index in [9.17, 15) is 4.79 Å². The van der Waals surface area contributed by atoms with Crippen molar-refractivity contribution in [1.29, 1.82) is 0 Å². The van der Waals surface area contributed by atoms with E-state index in [2.05, 4.69) is 65.1 Å². The minimum atomic E-state index is -1.98. The molecular weight excluding hydrogens is 426 g/mol. The van der Waals surface area contributed by atoms with Gasteiger partial charge in [0.2, 0.25) is 5.91 Å². The van der Waals surface area contributed by atoms with Crippen LogP contribution in [0.15, 0.2) is 66.7 Å². The maximum Gasteiger partial charge on any atom is 0.224 e. The van der Waals surface area contributed by atoms with Gasteiger partial charge in [-0.25, -0.2) is 0 Å². The van der Waals surface area contributed by atoms with E-state index >= 15 is 0 Å². The molecule has 0 bridgehead atoms. The molecule has 2 aromatic rings. The first-order chi connectivity index (χ1) is 15.5. The van der Waals surface area contributed by atoms with Gasteiger partial charge >= 0.3 is 0 Å². The van der Waals surface area contributed by atoms with Gasteiger partial charge in [-0.15, -0.1) is 0 Å². The fourth-order valence-corrected chi connectivity index (χ4v) is 5.25. The molecule has 0 aliphatic carbocycles. The van der Waals surface area contributed by atoms with Crippen molar-refractivity contribution in [2.45, 2.75) is 70.9 Å². The van der Waals surface area contributed by atoms with E-state index in [1.807, 2.05) is 47.4 Å². The van der Waals surface area contributed by atoms with Crippen LogP contribution < -0.4 is 4.74 Å². The van der Waals surface area contributed by atoms with E-state index in [-0.39, 0.29) is 29.0 Å². The van der Waals surface area contributed by atoms with Crippen LogP contribution in [0.3, 0.4) is 0 Å². The highest BCUT2D eigenvalue weighted by Gasteiger charge is 2.40. The molecule has 0 fully saturated rings. The molecule has 3 atom stereocenters. The van der Waals surface area contributed by atoms with E-state index < -0.39 is 8.32 Å². The molecule has 0 N–H and O–H groups in total. The Hall–Kier alpha value is -2.37. The summed E-state index contributed by atoms with van der Waals surface area (Å²) < 4.78 is 12.1. The number of ether oxygens (including phenoxy) is 1. The van der Waals surface area contributed by atoms with Crippen molar-refractivity contribution in [1.82, 2.24) is 4.90 Å². The van der Waals surface area contributed by atoms with Crippen molar-refractivity contribution in [3.05, 3.63) is 77.9 Å². The third-order valence-electron chi connectivity index (χ3n) is 7.09. The lowest BCUT2D eigenvalue weighted by Gasteiger charge is -2.41. The molecule has 1 aliphatic heterocycles. The van der Waals surface area contributed by atoms with Crippen molar-refractivity contribution < 1.29 is 14.0 Å². The third kappa shape index (κ3) is 6.15. The van der Waals surface area contributed by atoms with E-state index in [4.69, 9.17) is 9.16 Å². The van der Waals surface area contributed by atoms with Gasteiger partial charge in [-0.2, -0.15) is 0 Å². The van der Waals surface area contributed by atoms with Crippen molar-refractivity contribution in [2.24, 2.45) is 5.92 Å². The Bertz CT molecular complexity index is 947. The largest absolute Gasteiger partial charge is 0.497 e. The molecule has 33 heavy (non-hydrogen) atoms. The summed E-state index contributed by atoms with van der Waals surface area (Å²) in [6.07, 6.45) is 4.75. The second kappa shape index (κ2) is 10.3. The van der Waals surface area contributed by atoms with Crippen molar-refractivity contribution in [3.63, 3.8) is 0 Å². The number of hydrogen-bond donors (Lipinski definition) is 0. The zero-order chi connectivity index (χ0) is 24.2. The molecule has 5 heteroatoms. The highest BCUT2D eigenvalue weighted by molar-refractivity contribution is 6.74. The molecule has 1 heterocycles. The van der Waals surface area contributed by atoms with Crippen LogP contribution >= 0.6 is 0 Å². The standard InChI is InChI=1S/C28H39NO3Si/c1-21-19-27(30)29(20-22-11-9-8-10-12-22)25(23-13-15-24(31-5)16-14-23)17-18-26(21)32-33(6,7)28(2,3)4/h8-18,21,25-26H,19-20H2,1-7H3/b18-17-/t21-,25-,26-/m1/s1. The van der Waals surface area contributed by atoms with E-state index in [0.717, 1.165) is 16.9 Å². The molecule has 1 amide bonds. The Morgan fingerprint density at radius 2 is 1.64 bits per heavy atom. The molecule has 0 spiro atoms. The van der Waals surface area contributed by atoms with Gasteiger partial charge in [0, 0.05) is 13.0 Å². The fourth-order valence-electron chi connectivity index (χ4n) is 3.90. The van der Waals surface area contributed by atoms with Gasteiger partial charge in [0.1, 0.15) is 5.75 Å². The Morgan fingerprint density at radius 1 is 1.00 bits per heavy atom. The summed E-state index contributed by atoms with van der Waals surface area (Å²) in [5.74, 6) is 1.07. The summed E-state index contributed by atoms with van der Waals surface area (Å²) >= 11 is 0. The summed E-state index contributed by atoms with van der Waals surface area (Å²) in [4.78, 5) is 15.6. The Balaban J connectivity index is 1.99. The van der Waals surface area contributed by atoms with Crippen LogP contribution in [-0.2, 0) is 15.8 Å². The van der Waals surface area contributed by atoms with Crippen LogP contribution in [-0.4, -0.2) is 32.3 Å². The van der Waals surface area contributed by atoms with Crippen molar-refractivity contribution >= 4 is 14.2 Å². The molecule has 4 nitrogen and oxygen atoms in total. The van der Waals surface area contributed by atoms with E-state index in [0.29, 0.717) is 13.0 Å². The summed E-state index contributed by atoms with van der Waals surface area (Å²) in [7, 11) is -0.312. The summed E-state index contributed by atoms with van der Waals surface area (Å²) in [6, 6.07) is 18.1. The fraction of sp³-hybridized carbons (Fsp3) is 0.464. The van der Waals surface area contributed by atoms with Gasteiger partial charge in [0.15, 0.2) is 8.32 Å². The summed E-state index contributed by atoms with van der Waals surface area (Å²) in [5.41, 5.74) is 2.19. The van der Waals surface area contributed by atoms with Gasteiger partial charge in [-0.1, -0.05) is 82.3 Å². The Kier molecular flexibility index (Phi) is 7.86. The lowest BCUT2D eigenvalue weighted by Crippen LogP contribution is -2.46. The number of amides is 1. The van der Waals surface area contributed by atoms with E-state index in [1.165, 1.54) is 0 Å². The zero-order valence-electron chi connectivity index (χ0n) is 21.2. The van der Waals surface area contributed by atoms with Crippen LogP contribution in [0, 0.1) is 5.92 Å². The van der Waals surface area contributed by atoms with Crippen LogP contribution in [0.5, 0.6) is 5.75 Å². The maximum absolute atomic E-state index is 13.6. The smallest absolute Gasteiger partial charge is 0.224 e. The molecule has 0 unspecified atom stereocenters. The van der Waals surface area contributed by atoms with Crippen molar-refractivity contribution in [3.8, 4) is 5.75 Å². The molecule has 0 saturated heterocycles. The highest BCUT2D eigenvalue weighted by Crippen LogP contribution is 2.39. The number of carbonyl (C=O) groups excluding carboxylic acids is 1. The first-order valence-electron chi connectivity index (χ1n) is 11.9. The number of methoxy groups -OCH3 is 1. The van der Waals surface area contributed by atoms with E-state index in [1.54, 1.807) is 7.11 Å². The normalized spacial score (nSPS) is 23.1. The maximum atomic E-state index is 13.6. The molecule has 1 aliphatic rings. The Morgan fingerprint density at radius 3 is 2.21 bits per heavy atom. The SMILES string of the molecule is COc1ccc([C@H]2/C=C\[C@@H](O[Si](C)(C)C(C)(C)C)[C@H](C)CC(=O)N2Cc2ccccc2)cc1. The number of benzene rings is 2. The van der Waals surface area contributed by atoms with Gasteiger partial charge in [-0.05, 0) is 47.3 Å². The molecule has 3 rings (SSSR count). The molecular formula is C28H39NO3Si. The van der Waals surface area contributed by atoms with Crippen LogP contribution in [0.1, 0.15) is 51.3 Å². The molecule has 0 radical (unpaired) electrons. The molecule has 2 aromatic carbocycles. The predicted molar refractivity (Wildman–Crippen MR) is 138 cm³/mol. The number of hydrogen-bond acceptors (Lipinski definition) is 3.